The van der Waals surface area contributed by atoms with Gasteiger partial charge in [0.05, 0.1) is 6.61 Å². The summed E-state index contributed by atoms with van der Waals surface area (Å²) in [5, 5.41) is 12.4. The minimum atomic E-state index is -0.121. The molecule has 3 aromatic rings. The first-order valence-corrected chi connectivity index (χ1v) is 11.6. The van der Waals surface area contributed by atoms with Crippen LogP contribution in [0, 0.1) is 0 Å². The van der Waals surface area contributed by atoms with Gasteiger partial charge in [-0.1, -0.05) is 48.6 Å². The SMILES string of the molecule is CCc1ccc(N2C[C@@H](c3nnc(NC(=O)CCCOc4ccccc4)s3)CC2=O)cc1. The summed E-state index contributed by atoms with van der Waals surface area (Å²) in [5.41, 5.74) is 2.15. The summed E-state index contributed by atoms with van der Waals surface area (Å²) in [6.45, 7) is 3.15. The van der Waals surface area contributed by atoms with Gasteiger partial charge in [0, 0.05) is 31.0 Å². The van der Waals surface area contributed by atoms with Crippen molar-refractivity contribution in [3.05, 3.63) is 65.2 Å². The summed E-state index contributed by atoms with van der Waals surface area (Å²) < 4.78 is 5.61. The van der Waals surface area contributed by atoms with E-state index in [1.807, 2.05) is 42.5 Å². The Morgan fingerprint density at radius 3 is 2.69 bits per heavy atom. The summed E-state index contributed by atoms with van der Waals surface area (Å²) >= 11 is 1.34. The molecule has 8 heteroatoms. The monoisotopic (exact) mass is 450 g/mol. The highest BCUT2D eigenvalue weighted by atomic mass is 32.1. The van der Waals surface area contributed by atoms with Crippen molar-refractivity contribution in [1.29, 1.82) is 0 Å². The van der Waals surface area contributed by atoms with Gasteiger partial charge in [-0.05, 0) is 42.7 Å². The molecule has 1 saturated heterocycles. The number of carbonyl (C=O) groups excluding carboxylic acids is 2. The summed E-state index contributed by atoms with van der Waals surface area (Å²) in [5.74, 6) is 0.738. The van der Waals surface area contributed by atoms with E-state index in [-0.39, 0.29) is 17.7 Å². The Labute approximate surface area is 191 Å². The molecule has 1 fully saturated rings. The number of anilines is 2. The summed E-state index contributed by atoms with van der Waals surface area (Å²) in [7, 11) is 0. The molecule has 32 heavy (non-hydrogen) atoms. The molecule has 4 rings (SSSR count). The number of amides is 2. The quantitative estimate of drug-likeness (QED) is 0.488. The van der Waals surface area contributed by atoms with Crippen LogP contribution in [0.5, 0.6) is 5.75 Å². The van der Waals surface area contributed by atoms with Crippen LogP contribution in [0.25, 0.3) is 0 Å². The summed E-state index contributed by atoms with van der Waals surface area (Å²) in [4.78, 5) is 26.6. The van der Waals surface area contributed by atoms with E-state index in [1.165, 1.54) is 16.9 Å². The first-order chi connectivity index (χ1) is 15.6. The van der Waals surface area contributed by atoms with Gasteiger partial charge in [0.1, 0.15) is 10.8 Å². The third-order valence-electron chi connectivity index (χ3n) is 5.38. The van der Waals surface area contributed by atoms with Gasteiger partial charge in [-0.2, -0.15) is 0 Å². The molecular formula is C24H26N4O3S. The fourth-order valence-electron chi connectivity index (χ4n) is 3.61. The number of hydrogen-bond donors (Lipinski definition) is 1. The molecule has 2 heterocycles. The molecule has 0 bridgehead atoms. The summed E-state index contributed by atoms with van der Waals surface area (Å²) in [6, 6.07) is 17.6. The lowest BCUT2D eigenvalue weighted by atomic mass is 10.1. The molecule has 1 aliphatic rings. The Hall–Kier alpha value is -3.26. The molecule has 1 aliphatic heterocycles. The smallest absolute Gasteiger partial charge is 0.227 e. The Morgan fingerprint density at radius 1 is 1.16 bits per heavy atom. The van der Waals surface area contributed by atoms with Crippen molar-refractivity contribution in [2.24, 2.45) is 0 Å². The second-order valence-electron chi connectivity index (χ2n) is 7.68. The second kappa shape index (κ2) is 10.4. The number of ether oxygens (including phenoxy) is 1. The van der Waals surface area contributed by atoms with Gasteiger partial charge in [-0.25, -0.2) is 0 Å². The fraction of sp³-hybridized carbons (Fsp3) is 0.333. The van der Waals surface area contributed by atoms with Crippen molar-refractivity contribution >= 4 is 34.0 Å². The van der Waals surface area contributed by atoms with E-state index in [1.54, 1.807) is 4.90 Å². The fourth-order valence-corrected chi connectivity index (χ4v) is 4.46. The number of benzene rings is 2. The third-order valence-corrected chi connectivity index (χ3v) is 6.38. The number of nitrogens with zero attached hydrogens (tertiary/aromatic N) is 3. The van der Waals surface area contributed by atoms with Crippen LogP contribution in [0.1, 0.15) is 42.7 Å². The van der Waals surface area contributed by atoms with Crippen molar-refractivity contribution in [3.8, 4) is 5.75 Å². The number of para-hydroxylation sites is 1. The van der Waals surface area contributed by atoms with Gasteiger partial charge in [0.2, 0.25) is 16.9 Å². The van der Waals surface area contributed by atoms with Crippen LogP contribution in [0.3, 0.4) is 0 Å². The molecule has 2 amide bonds. The van der Waals surface area contributed by atoms with E-state index in [0.717, 1.165) is 22.9 Å². The number of carbonyl (C=O) groups is 2. The van der Waals surface area contributed by atoms with E-state index in [0.29, 0.717) is 37.5 Å². The van der Waals surface area contributed by atoms with Crippen molar-refractivity contribution < 1.29 is 14.3 Å². The predicted molar refractivity (Wildman–Crippen MR) is 125 cm³/mol. The lowest BCUT2D eigenvalue weighted by Gasteiger charge is -2.16. The topological polar surface area (TPSA) is 84.4 Å². The normalized spacial score (nSPS) is 15.7. The van der Waals surface area contributed by atoms with E-state index >= 15 is 0 Å². The Balaban J connectivity index is 1.26. The highest BCUT2D eigenvalue weighted by molar-refractivity contribution is 7.15. The van der Waals surface area contributed by atoms with Crippen LogP contribution in [0.15, 0.2) is 54.6 Å². The molecule has 0 aliphatic carbocycles. The molecule has 0 saturated carbocycles. The van der Waals surface area contributed by atoms with Crippen molar-refractivity contribution in [3.63, 3.8) is 0 Å². The Morgan fingerprint density at radius 2 is 1.94 bits per heavy atom. The molecule has 2 aromatic carbocycles. The lowest BCUT2D eigenvalue weighted by Crippen LogP contribution is -2.24. The largest absolute Gasteiger partial charge is 0.494 e. The molecule has 7 nitrogen and oxygen atoms in total. The number of hydrogen-bond acceptors (Lipinski definition) is 6. The minimum absolute atomic E-state index is 0.0178. The molecule has 1 aromatic heterocycles. The molecule has 0 radical (unpaired) electrons. The van der Waals surface area contributed by atoms with Crippen LogP contribution in [0.4, 0.5) is 10.8 Å². The minimum Gasteiger partial charge on any atom is -0.494 e. The number of aryl methyl sites for hydroxylation is 1. The zero-order chi connectivity index (χ0) is 22.3. The van der Waals surface area contributed by atoms with Crippen molar-refractivity contribution in [1.82, 2.24) is 10.2 Å². The van der Waals surface area contributed by atoms with Crippen molar-refractivity contribution in [2.45, 2.75) is 38.5 Å². The highest BCUT2D eigenvalue weighted by Crippen LogP contribution is 2.34. The van der Waals surface area contributed by atoms with Gasteiger partial charge < -0.3 is 15.0 Å². The molecule has 166 valence electrons. The van der Waals surface area contributed by atoms with Crippen LogP contribution in [-0.2, 0) is 16.0 Å². The predicted octanol–water partition coefficient (Wildman–Crippen LogP) is 4.42. The van der Waals surface area contributed by atoms with Crippen LogP contribution in [0.2, 0.25) is 0 Å². The van der Waals surface area contributed by atoms with Gasteiger partial charge in [-0.15, -0.1) is 10.2 Å². The van der Waals surface area contributed by atoms with Gasteiger partial charge in [-0.3, -0.25) is 9.59 Å². The summed E-state index contributed by atoms with van der Waals surface area (Å²) in [6.07, 6.45) is 2.31. The third kappa shape index (κ3) is 5.50. The molecule has 0 spiro atoms. The molecule has 1 atom stereocenters. The first-order valence-electron chi connectivity index (χ1n) is 10.8. The second-order valence-corrected chi connectivity index (χ2v) is 8.69. The van der Waals surface area contributed by atoms with Crippen LogP contribution >= 0.6 is 11.3 Å². The number of aromatic nitrogens is 2. The van der Waals surface area contributed by atoms with E-state index in [9.17, 15) is 9.59 Å². The number of rotatable bonds is 9. The number of nitrogens with one attached hydrogen (secondary N) is 1. The molecule has 0 unspecified atom stereocenters. The average molecular weight is 451 g/mol. The molecular weight excluding hydrogens is 424 g/mol. The maximum absolute atomic E-state index is 12.5. The average Bonchev–Trinajstić information content (AvgIpc) is 3.44. The maximum atomic E-state index is 12.5. The zero-order valence-electron chi connectivity index (χ0n) is 18.0. The van der Waals surface area contributed by atoms with E-state index in [2.05, 4.69) is 34.6 Å². The highest BCUT2D eigenvalue weighted by Gasteiger charge is 2.34. The molecule has 1 N–H and O–H groups in total. The van der Waals surface area contributed by atoms with Crippen molar-refractivity contribution in [2.75, 3.05) is 23.4 Å². The lowest BCUT2D eigenvalue weighted by molar-refractivity contribution is -0.117. The van der Waals surface area contributed by atoms with E-state index < -0.39 is 0 Å². The zero-order valence-corrected chi connectivity index (χ0v) is 18.8. The van der Waals surface area contributed by atoms with Gasteiger partial charge in [0.15, 0.2) is 0 Å². The Kier molecular flexibility index (Phi) is 7.11. The van der Waals surface area contributed by atoms with Crippen LogP contribution in [-0.4, -0.2) is 35.2 Å². The van der Waals surface area contributed by atoms with Gasteiger partial charge >= 0.3 is 0 Å². The van der Waals surface area contributed by atoms with E-state index in [4.69, 9.17) is 4.74 Å². The Bertz CT molecular complexity index is 1050. The van der Waals surface area contributed by atoms with Gasteiger partial charge in [0.25, 0.3) is 0 Å². The maximum Gasteiger partial charge on any atom is 0.227 e. The first kappa shape index (κ1) is 22.0. The van der Waals surface area contributed by atoms with Crippen LogP contribution < -0.4 is 15.0 Å². The standard InChI is InChI=1S/C24H26N4O3S/c1-2-17-10-12-19(13-11-17)28-16-18(15-22(28)30)23-26-27-24(32-23)25-21(29)9-6-14-31-20-7-4-3-5-8-20/h3-5,7-8,10-13,18H,2,6,9,14-16H2,1H3,(H,25,27,29)/t18-/m0/s1.